The number of carboxylic acid groups (broad SMARTS) is 1. The average molecular weight is 272 g/mol. The van der Waals surface area contributed by atoms with Crippen molar-refractivity contribution in [3.05, 3.63) is 29.8 Å². The fraction of sp³-hybridized carbons (Fsp3) is 0.333. The Morgan fingerprint density at radius 1 is 1.11 bits per heavy atom. The first-order valence-electron chi connectivity index (χ1n) is 5.70. The van der Waals surface area contributed by atoms with Crippen LogP contribution in [0.1, 0.15) is 19.3 Å². The van der Waals surface area contributed by atoms with E-state index >= 15 is 0 Å². The number of amides is 2. The molecule has 7 heteroatoms. The Balaban J connectivity index is 2.29. The summed E-state index contributed by atoms with van der Waals surface area (Å²) in [6.07, 6.45) is 1.000. The van der Waals surface area contributed by atoms with Crippen molar-refractivity contribution >= 4 is 17.7 Å². The van der Waals surface area contributed by atoms with Gasteiger partial charge in [0.15, 0.2) is 0 Å². The van der Waals surface area contributed by atoms with Gasteiger partial charge < -0.3 is 15.7 Å². The van der Waals surface area contributed by atoms with Crippen LogP contribution in [-0.4, -0.2) is 23.7 Å². The van der Waals surface area contributed by atoms with Gasteiger partial charge in [-0.25, -0.2) is 13.6 Å². The van der Waals surface area contributed by atoms with E-state index in [1.807, 2.05) is 0 Å². The van der Waals surface area contributed by atoms with Gasteiger partial charge in [-0.15, -0.1) is 0 Å². The molecule has 0 unspecified atom stereocenters. The number of hydrogen-bond donors (Lipinski definition) is 3. The van der Waals surface area contributed by atoms with E-state index in [4.69, 9.17) is 5.11 Å². The molecular formula is C12H14F2N2O3. The summed E-state index contributed by atoms with van der Waals surface area (Å²) in [6, 6.07) is 2.09. The molecule has 3 N–H and O–H groups in total. The van der Waals surface area contributed by atoms with Gasteiger partial charge in [-0.3, -0.25) is 4.79 Å². The van der Waals surface area contributed by atoms with Gasteiger partial charge in [0.05, 0.1) is 0 Å². The lowest BCUT2D eigenvalue weighted by molar-refractivity contribution is -0.137. The van der Waals surface area contributed by atoms with Crippen LogP contribution in [0.15, 0.2) is 18.2 Å². The Hall–Kier alpha value is -2.18. The molecule has 1 aromatic carbocycles. The Labute approximate surface area is 108 Å². The standard InChI is InChI=1S/C12H14F2N2O3/c13-8-5-9(14)7-10(6-8)16-12(19)15-4-2-1-3-11(17)18/h5-7H,1-4H2,(H,17,18)(H2,15,16,19). The number of nitrogens with one attached hydrogen (secondary N) is 2. The first-order chi connectivity index (χ1) is 8.97. The molecule has 0 spiro atoms. The molecule has 5 nitrogen and oxygen atoms in total. The number of benzene rings is 1. The van der Waals surface area contributed by atoms with Gasteiger partial charge in [0, 0.05) is 24.7 Å². The van der Waals surface area contributed by atoms with Crippen LogP contribution in [0.25, 0.3) is 0 Å². The molecule has 0 atom stereocenters. The fourth-order valence-electron chi connectivity index (χ4n) is 1.40. The molecule has 19 heavy (non-hydrogen) atoms. The van der Waals surface area contributed by atoms with Gasteiger partial charge in [-0.05, 0) is 25.0 Å². The number of carbonyl (C=O) groups is 2. The summed E-state index contributed by atoms with van der Waals surface area (Å²) in [5, 5.41) is 13.1. The highest BCUT2D eigenvalue weighted by Crippen LogP contribution is 2.12. The van der Waals surface area contributed by atoms with Crippen LogP contribution in [0.2, 0.25) is 0 Å². The van der Waals surface area contributed by atoms with Gasteiger partial charge in [0.1, 0.15) is 11.6 Å². The van der Waals surface area contributed by atoms with Gasteiger partial charge in [-0.1, -0.05) is 0 Å². The molecule has 0 aromatic heterocycles. The quantitative estimate of drug-likeness (QED) is 0.695. The van der Waals surface area contributed by atoms with Crippen molar-refractivity contribution in [2.24, 2.45) is 0 Å². The van der Waals surface area contributed by atoms with Crippen LogP contribution in [0.5, 0.6) is 0 Å². The van der Waals surface area contributed by atoms with E-state index in [0.29, 0.717) is 18.9 Å². The zero-order valence-electron chi connectivity index (χ0n) is 10.1. The maximum absolute atomic E-state index is 12.8. The van der Waals surface area contributed by atoms with Crippen molar-refractivity contribution in [1.82, 2.24) is 5.32 Å². The average Bonchev–Trinajstić information content (AvgIpc) is 2.26. The number of urea groups is 1. The molecule has 2 amide bonds. The highest BCUT2D eigenvalue weighted by atomic mass is 19.1. The first kappa shape index (κ1) is 14.9. The molecule has 0 aliphatic carbocycles. The summed E-state index contributed by atoms with van der Waals surface area (Å²) in [6.45, 7) is 0.289. The van der Waals surface area contributed by atoms with E-state index < -0.39 is 23.6 Å². The van der Waals surface area contributed by atoms with Crippen LogP contribution in [0, 0.1) is 11.6 Å². The molecule has 1 aromatic rings. The molecule has 104 valence electrons. The van der Waals surface area contributed by atoms with Crippen LogP contribution >= 0.6 is 0 Å². The molecule has 0 saturated carbocycles. The van der Waals surface area contributed by atoms with E-state index in [2.05, 4.69) is 10.6 Å². The van der Waals surface area contributed by atoms with Crippen molar-refractivity contribution < 1.29 is 23.5 Å². The molecule has 0 aliphatic heterocycles. The van der Waals surface area contributed by atoms with Crippen LogP contribution in [0.4, 0.5) is 19.3 Å². The summed E-state index contributed by atoms with van der Waals surface area (Å²) in [5.41, 5.74) is 0.0144. The molecule has 0 saturated heterocycles. The number of carbonyl (C=O) groups excluding carboxylic acids is 1. The molecule has 1 rings (SSSR count). The van der Waals surface area contributed by atoms with E-state index in [0.717, 1.165) is 12.1 Å². The summed E-state index contributed by atoms with van der Waals surface area (Å²) >= 11 is 0. The minimum atomic E-state index is -0.889. The smallest absolute Gasteiger partial charge is 0.319 e. The molecule has 0 fully saturated rings. The van der Waals surface area contributed by atoms with Gasteiger partial charge in [-0.2, -0.15) is 0 Å². The number of rotatable bonds is 6. The lowest BCUT2D eigenvalue weighted by Gasteiger charge is -2.07. The summed E-state index contributed by atoms with van der Waals surface area (Å²) in [5.74, 6) is -2.45. The predicted molar refractivity (Wildman–Crippen MR) is 64.9 cm³/mol. The normalized spacial score (nSPS) is 10.0. The largest absolute Gasteiger partial charge is 0.481 e. The zero-order chi connectivity index (χ0) is 14.3. The lowest BCUT2D eigenvalue weighted by Crippen LogP contribution is -2.29. The summed E-state index contributed by atoms with van der Waals surface area (Å²) in [4.78, 5) is 21.6. The number of carboxylic acids is 1. The molecule has 0 heterocycles. The SMILES string of the molecule is O=C(O)CCCCNC(=O)Nc1cc(F)cc(F)c1. The molecule has 0 radical (unpaired) electrons. The predicted octanol–water partition coefficient (Wildman–Crippen LogP) is 2.34. The van der Waals surface area contributed by atoms with Crippen LogP contribution < -0.4 is 10.6 Å². The number of halogens is 2. The Morgan fingerprint density at radius 2 is 1.74 bits per heavy atom. The third-order valence-corrected chi connectivity index (χ3v) is 2.22. The van der Waals surface area contributed by atoms with Crippen molar-refractivity contribution in [3.8, 4) is 0 Å². The fourth-order valence-corrected chi connectivity index (χ4v) is 1.40. The lowest BCUT2D eigenvalue weighted by atomic mass is 10.2. The Kier molecular flexibility index (Phi) is 5.72. The number of anilines is 1. The van der Waals surface area contributed by atoms with E-state index in [9.17, 15) is 18.4 Å². The van der Waals surface area contributed by atoms with Crippen LogP contribution in [-0.2, 0) is 4.79 Å². The third-order valence-electron chi connectivity index (χ3n) is 2.22. The second kappa shape index (κ2) is 7.30. The van der Waals surface area contributed by atoms with Crippen molar-refractivity contribution in [3.63, 3.8) is 0 Å². The van der Waals surface area contributed by atoms with E-state index in [1.54, 1.807) is 0 Å². The topological polar surface area (TPSA) is 78.4 Å². The zero-order valence-corrected chi connectivity index (χ0v) is 10.1. The maximum Gasteiger partial charge on any atom is 0.319 e. The van der Waals surface area contributed by atoms with Crippen molar-refractivity contribution in [2.45, 2.75) is 19.3 Å². The second-order valence-electron chi connectivity index (χ2n) is 3.89. The second-order valence-corrected chi connectivity index (χ2v) is 3.89. The minimum absolute atomic E-state index is 0.0144. The van der Waals surface area contributed by atoms with Gasteiger partial charge in [0.25, 0.3) is 0 Å². The van der Waals surface area contributed by atoms with Crippen LogP contribution in [0.3, 0.4) is 0 Å². The van der Waals surface area contributed by atoms with Gasteiger partial charge in [0.2, 0.25) is 0 Å². The van der Waals surface area contributed by atoms with E-state index in [-0.39, 0.29) is 18.7 Å². The first-order valence-corrected chi connectivity index (χ1v) is 5.70. The van der Waals surface area contributed by atoms with Crippen molar-refractivity contribution in [1.29, 1.82) is 0 Å². The molecule has 0 bridgehead atoms. The molecule has 0 aliphatic rings. The van der Waals surface area contributed by atoms with E-state index in [1.165, 1.54) is 0 Å². The highest BCUT2D eigenvalue weighted by Gasteiger charge is 2.04. The van der Waals surface area contributed by atoms with Gasteiger partial charge >= 0.3 is 12.0 Å². The highest BCUT2D eigenvalue weighted by molar-refractivity contribution is 5.89. The number of hydrogen-bond acceptors (Lipinski definition) is 2. The summed E-state index contributed by atoms with van der Waals surface area (Å²) in [7, 11) is 0. The Morgan fingerprint density at radius 3 is 2.32 bits per heavy atom. The number of aliphatic carboxylic acids is 1. The maximum atomic E-state index is 12.8. The summed E-state index contributed by atoms with van der Waals surface area (Å²) < 4.78 is 25.7. The number of unbranched alkanes of at least 4 members (excludes halogenated alkanes) is 1. The third kappa shape index (κ3) is 6.35. The minimum Gasteiger partial charge on any atom is -0.481 e. The Bertz CT molecular complexity index is 446. The monoisotopic (exact) mass is 272 g/mol. The molecular weight excluding hydrogens is 258 g/mol. The van der Waals surface area contributed by atoms with Crippen molar-refractivity contribution in [2.75, 3.05) is 11.9 Å².